The van der Waals surface area contributed by atoms with E-state index in [0.717, 1.165) is 61.7 Å². The summed E-state index contributed by atoms with van der Waals surface area (Å²) in [4.78, 5) is 28.8. The van der Waals surface area contributed by atoms with Crippen molar-refractivity contribution in [2.24, 2.45) is 0 Å². The standard InChI is InChI=1S/C24H27ClF3N5O/c25-20-5-4-17(24(26,27)28)14-19(20)22(34)32-8-6-16-15-29-23(30-21(16)7-9-32)33-12-10-31(11-13-33)18-2-1-3-18/h4-5,14-15,18H,1-3,6-13H2. The lowest BCUT2D eigenvalue weighted by atomic mass is 9.91. The van der Waals surface area contributed by atoms with Crippen molar-refractivity contribution in [2.75, 3.05) is 44.2 Å². The lowest BCUT2D eigenvalue weighted by molar-refractivity contribution is -0.137. The summed E-state index contributed by atoms with van der Waals surface area (Å²) in [5.41, 5.74) is 0.865. The van der Waals surface area contributed by atoms with Gasteiger partial charge in [-0.3, -0.25) is 9.69 Å². The predicted octanol–water partition coefficient (Wildman–Crippen LogP) is 4.06. The molecule has 1 amide bonds. The fourth-order valence-corrected chi connectivity index (χ4v) is 5.09. The van der Waals surface area contributed by atoms with Crippen LogP contribution in [0.5, 0.6) is 0 Å². The van der Waals surface area contributed by atoms with Crippen LogP contribution in [0.1, 0.15) is 46.4 Å². The Labute approximate surface area is 201 Å². The fourth-order valence-electron chi connectivity index (χ4n) is 4.90. The highest BCUT2D eigenvalue weighted by Crippen LogP contribution is 2.32. The SMILES string of the molecule is O=C(c1cc(C(F)(F)F)ccc1Cl)N1CCc2cnc(N3CCN(C4CCC4)CC3)nc2CC1. The van der Waals surface area contributed by atoms with E-state index in [0.29, 0.717) is 31.9 Å². The number of carbonyl (C=O) groups is 1. The van der Waals surface area contributed by atoms with Crippen LogP contribution in [0.15, 0.2) is 24.4 Å². The van der Waals surface area contributed by atoms with Crippen molar-refractivity contribution in [3.05, 3.63) is 51.8 Å². The Balaban J connectivity index is 1.26. The van der Waals surface area contributed by atoms with Crippen LogP contribution in [0, 0.1) is 0 Å². The number of fused-ring (bicyclic) bond motifs is 1. The Morgan fingerprint density at radius 3 is 2.44 bits per heavy atom. The number of hydrogen-bond donors (Lipinski definition) is 0. The smallest absolute Gasteiger partial charge is 0.338 e. The molecule has 1 aromatic heterocycles. The van der Waals surface area contributed by atoms with Crippen molar-refractivity contribution in [1.29, 1.82) is 0 Å². The van der Waals surface area contributed by atoms with Crippen molar-refractivity contribution in [3.63, 3.8) is 0 Å². The molecule has 5 rings (SSSR count). The van der Waals surface area contributed by atoms with E-state index in [1.54, 1.807) is 4.90 Å². The van der Waals surface area contributed by atoms with Gasteiger partial charge in [0.15, 0.2) is 0 Å². The molecule has 0 spiro atoms. The zero-order chi connectivity index (χ0) is 23.9. The molecule has 1 saturated heterocycles. The van der Waals surface area contributed by atoms with E-state index < -0.39 is 17.6 Å². The molecule has 2 fully saturated rings. The number of anilines is 1. The minimum atomic E-state index is -4.54. The molecule has 6 nitrogen and oxygen atoms in total. The molecule has 10 heteroatoms. The van der Waals surface area contributed by atoms with E-state index in [2.05, 4.69) is 14.8 Å². The van der Waals surface area contributed by atoms with Gasteiger partial charge in [-0.2, -0.15) is 13.2 Å². The molecule has 0 atom stereocenters. The maximum Gasteiger partial charge on any atom is 0.416 e. The first kappa shape index (κ1) is 23.4. The van der Waals surface area contributed by atoms with Crippen LogP contribution in [-0.4, -0.2) is 71.0 Å². The molecule has 2 aromatic rings. The normalized spacial score (nSPS) is 20.0. The molecular weight excluding hydrogens is 467 g/mol. The summed E-state index contributed by atoms with van der Waals surface area (Å²) in [5, 5.41) is 0.0166. The Morgan fingerprint density at radius 1 is 1.03 bits per heavy atom. The third-order valence-corrected chi connectivity index (χ3v) is 7.54. The molecule has 1 aromatic carbocycles. The van der Waals surface area contributed by atoms with Gasteiger partial charge in [-0.1, -0.05) is 18.0 Å². The van der Waals surface area contributed by atoms with Crippen molar-refractivity contribution < 1.29 is 18.0 Å². The number of rotatable bonds is 3. The second kappa shape index (κ2) is 9.34. The Hall–Kier alpha value is -2.39. The maximum atomic E-state index is 13.1. The monoisotopic (exact) mass is 493 g/mol. The number of hydrogen-bond acceptors (Lipinski definition) is 5. The molecule has 0 N–H and O–H groups in total. The maximum absolute atomic E-state index is 13.1. The van der Waals surface area contributed by atoms with Crippen LogP contribution in [0.2, 0.25) is 5.02 Å². The third kappa shape index (κ3) is 4.73. The number of carbonyl (C=O) groups excluding carboxylic acids is 1. The number of nitrogens with zero attached hydrogens (tertiary/aromatic N) is 5. The van der Waals surface area contributed by atoms with E-state index >= 15 is 0 Å². The van der Waals surface area contributed by atoms with Crippen LogP contribution in [0.25, 0.3) is 0 Å². The summed E-state index contributed by atoms with van der Waals surface area (Å²) in [6, 6.07) is 3.60. The highest BCUT2D eigenvalue weighted by molar-refractivity contribution is 6.33. The van der Waals surface area contributed by atoms with Crippen LogP contribution in [0.3, 0.4) is 0 Å². The van der Waals surface area contributed by atoms with Crippen molar-refractivity contribution in [1.82, 2.24) is 19.8 Å². The first-order valence-electron chi connectivity index (χ1n) is 11.8. The van der Waals surface area contributed by atoms with Crippen LogP contribution >= 0.6 is 11.6 Å². The van der Waals surface area contributed by atoms with E-state index in [9.17, 15) is 18.0 Å². The Bertz CT molecular complexity index is 1070. The van der Waals surface area contributed by atoms with E-state index in [4.69, 9.17) is 16.6 Å². The fraction of sp³-hybridized carbons (Fsp3) is 0.542. The number of benzene rings is 1. The average Bonchev–Trinajstić information content (AvgIpc) is 3.00. The molecule has 3 heterocycles. The molecule has 3 aliphatic rings. The summed E-state index contributed by atoms with van der Waals surface area (Å²) >= 11 is 6.09. The second-order valence-electron chi connectivity index (χ2n) is 9.23. The zero-order valence-electron chi connectivity index (χ0n) is 18.8. The van der Waals surface area contributed by atoms with Crippen LogP contribution in [0.4, 0.5) is 19.1 Å². The van der Waals surface area contributed by atoms with Crippen molar-refractivity contribution in [3.8, 4) is 0 Å². The van der Waals surface area contributed by atoms with Gasteiger partial charge in [0.25, 0.3) is 5.91 Å². The van der Waals surface area contributed by atoms with Gasteiger partial charge in [-0.25, -0.2) is 9.97 Å². The predicted molar refractivity (Wildman–Crippen MR) is 123 cm³/mol. The highest BCUT2D eigenvalue weighted by Gasteiger charge is 2.33. The third-order valence-electron chi connectivity index (χ3n) is 7.21. The number of amides is 1. The molecule has 0 bridgehead atoms. The molecule has 2 aliphatic heterocycles. The van der Waals surface area contributed by atoms with Gasteiger partial charge in [0.1, 0.15) is 0 Å². The van der Waals surface area contributed by atoms with Gasteiger partial charge in [-0.15, -0.1) is 0 Å². The van der Waals surface area contributed by atoms with Gasteiger partial charge in [-0.05, 0) is 43.0 Å². The van der Waals surface area contributed by atoms with Gasteiger partial charge >= 0.3 is 6.18 Å². The van der Waals surface area contributed by atoms with Crippen LogP contribution < -0.4 is 4.90 Å². The molecule has 0 radical (unpaired) electrons. The number of aromatic nitrogens is 2. The topological polar surface area (TPSA) is 52.6 Å². The van der Waals surface area contributed by atoms with Crippen molar-refractivity contribution in [2.45, 2.75) is 44.3 Å². The quantitative estimate of drug-likeness (QED) is 0.645. The molecular formula is C24H27ClF3N5O. The minimum absolute atomic E-state index is 0.0166. The van der Waals surface area contributed by atoms with E-state index in [1.807, 2.05) is 6.20 Å². The summed E-state index contributed by atoms with van der Waals surface area (Å²) in [6.45, 7) is 4.57. The molecule has 182 valence electrons. The van der Waals surface area contributed by atoms with Gasteiger partial charge in [0.05, 0.1) is 21.8 Å². The lowest BCUT2D eigenvalue weighted by Gasteiger charge is -2.43. The Morgan fingerprint density at radius 2 is 1.76 bits per heavy atom. The first-order valence-corrected chi connectivity index (χ1v) is 12.2. The average molecular weight is 494 g/mol. The van der Waals surface area contributed by atoms with E-state index in [-0.39, 0.29) is 10.6 Å². The van der Waals surface area contributed by atoms with E-state index in [1.165, 1.54) is 19.3 Å². The van der Waals surface area contributed by atoms with Gasteiger partial charge in [0.2, 0.25) is 5.95 Å². The molecule has 0 unspecified atom stereocenters. The highest BCUT2D eigenvalue weighted by atomic mass is 35.5. The first-order chi connectivity index (χ1) is 16.3. The second-order valence-corrected chi connectivity index (χ2v) is 9.64. The largest absolute Gasteiger partial charge is 0.416 e. The minimum Gasteiger partial charge on any atom is -0.338 e. The Kier molecular flexibility index (Phi) is 6.41. The molecule has 34 heavy (non-hydrogen) atoms. The summed E-state index contributed by atoms with van der Waals surface area (Å²) in [5.74, 6) is 0.219. The van der Waals surface area contributed by atoms with Gasteiger partial charge < -0.3 is 9.80 Å². The van der Waals surface area contributed by atoms with Crippen molar-refractivity contribution >= 4 is 23.5 Å². The molecule has 1 aliphatic carbocycles. The number of halogens is 4. The zero-order valence-corrected chi connectivity index (χ0v) is 19.6. The summed E-state index contributed by atoms with van der Waals surface area (Å²) in [7, 11) is 0. The number of piperazine rings is 1. The summed E-state index contributed by atoms with van der Waals surface area (Å²) < 4.78 is 39.4. The van der Waals surface area contributed by atoms with Gasteiger partial charge in [0, 0.05) is 57.9 Å². The number of alkyl halides is 3. The summed E-state index contributed by atoms with van der Waals surface area (Å²) in [6.07, 6.45) is 2.30. The van der Waals surface area contributed by atoms with Crippen LogP contribution in [-0.2, 0) is 19.0 Å². The molecule has 1 saturated carbocycles. The lowest BCUT2D eigenvalue weighted by Crippen LogP contribution is -2.52.